The number of nitrogens with one attached hydrogen (secondary N) is 2. The molecule has 2 aromatic heterocycles. The lowest BCUT2D eigenvalue weighted by atomic mass is 10.1. The molecule has 3 aromatic rings. The van der Waals surface area contributed by atoms with Gasteiger partial charge in [0, 0.05) is 48.7 Å². The van der Waals surface area contributed by atoms with E-state index in [1.54, 1.807) is 18.5 Å². The van der Waals surface area contributed by atoms with Crippen LogP contribution in [0.1, 0.15) is 33.5 Å². The molecule has 0 radical (unpaired) electrons. The van der Waals surface area contributed by atoms with E-state index in [2.05, 4.69) is 37.2 Å². The lowest BCUT2D eigenvalue weighted by Crippen LogP contribution is -2.36. The third kappa shape index (κ3) is 5.88. The molecule has 2 N–H and O–H groups in total. The number of aryl methyl sites for hydroxylation is 1. The normalized spacial score (nSPS) is 13.3. The summed E-state index contributed by atoms with van der Waals surface area (Å²) in [5, 5.41) is 10.2. The van der Waals surface area contributed by atoms with Crippen LogP contribution >= 0.6 is 11.6 Å². The number of hydrogen-bond donors (Lipinski definition) is 2. The minimum atomic E-state index is -0.109. The smallest absolute Gasteiger partial charge is 0.251 e. The van der Waals surface area contributed by atoms with E-state index < -0.39 is 0 Å². The molecule has 1 aromatic carbocycles. The molecule has 1 aliphatic heterocycles. The maximum Gasteiger partial charge on any atom is 0.251 e. The zero-order valence-corrected chi connectivity index (χ0v) is 18.4. The van der Waals surface area contributed by atoms with Crippen LogP contribution in [0.15, 0.2) is 48.9 Å². The van der Waals surface area contributed by atoms with E-state index in [-0.39, 0.29) is 5.91 Å². The number of halogens is 1. The van der Waals surface area contributed by atoms with Gasteiger partial charge in [0.2, 0.25) is 0 Å². The Bertz CT molecular complexity index is 1100. The van der Waals surface area contributed by atoms with Gasteiger partial charge in [0.05, 0.1) is 25.1 Å². The number of ether oxygens (including phenoxy) is 1. The maximum atomic E-state index is 12.7. The average molecular weight is 450 g/mol. The first-order valence-electron chi connectivity index (χ1n) is 10.6. The zero-order valence-electron chi connectivity index (χ0n) is 17.6. The lowest BCUT2D eigenvalue weighted by molar-refractivity contribution is 0.0953. The Hall–Kier alpha value is -3.34. The van der Waals surface area contributed by atoms with Crippen LogP contribution in [0, 0.1) is 11.8 Å². The van der Waals surface area contributed by atoms with Crippen molar-refractivity contribution >= 4 is 23.2 Å². The van der Waals surface area contributed by atoms with Crippen molar-refractivity contribution in [3.63, 3.8) is 0 Å². The van der Waals surface area contributed by atoms with Crippen molar-refractivity contribution < 1.29 is 9.53 Å². The topological polar surface area (TPSA) is 83.1 Å². The second kappa shape index (κ2) is 10.8. The lowest BCUT2D eigenvalue weighted by Gasteiger charge is -2.30. The Labute approximate surface area is 192 Å². The molecule has 0 bridgehead atoms. The van der Waals surface area contributed by atoms with E-state index in [1.807, 2.05) is 30.5 Å². The number of H-pyrrole nitrogens is 1. The number of anilines is 1. The number of carbonyl (C=O) groups excluding carboxylic acids is 1. The minimum absolute atomic E-state index is 0.109. The number of pyridine rings is 1. The summed E-state index contributed by atoms with van der Waals surface area (Å²) in [6, 6.07) is 9.21. The van der Waals surface area contributed by atoms with Crippen LogP contribution in [-0.4, -0.2) is 53.9 Å². The molecule has 8 heteroatoms. The second-order valence-corrected chi connectivity index (χ2v) is 7.80. The predicted molar refractivity (Wildman–Crippen MR) is 124 cm³/mol. The monoisotopic (exact) mass is 449 g/mol. The molecule has 4 rings (SSSR count). The first kappa shape index (κ1) is 21.9. The van der Waals surface area contributed by atoms with Crippen LogP contribution in [0.4, 0.5) is 5.69 Å². The molecule has 0 atom stereocenters. The highest BCUT2D eigenvalue weighted by molar-refractivity contribution is 6.29. The molecule has 0 spiro atoms. The summed E-state index contributed by atoms with van der Waals surface area (Å²) in [7, 11) is 0. The number of carbonyl (C=O) groups is 1. The third-order valence-corrected chi connectivity index (χ3v) is 5.39. The van der Waals surface area contributed by atoms with E-state index in [9.17, 15) is 4.79 Å². The summed E-state index contributed by atoms with van der Waals surface area (Å²) in [5.41, 5.74) is 4.27. The molecule has 0 saturated carbocycles. The average Bonchev–Trinajstić information content (AvgIpc) is 3.35. The highest BCUT2D eigenvalue weighted by Gasteiger charge is 2.16. The first-order chi connectivity index (χ1) is 15.7. The van der Waals surface area contributed by atoms with E-state index in [1.165, 1.54) is 0 Å². The minimum Gasteiger partial charge on any atom is -0.378 e. The highest BCUT2D eigenvalue weighted by atomic mass is 35.5. The van der Waals surface area contributed by atoms with Crippen LogP contribution in [0.2, 0.25) is 5.15 Å². The van der Waals surface area contributed by atoms with Gasteiger partial charge in [-0.05, 0) is 48.7 Å². The predicted octanol–water partition coefficient (Wildman–Crippen LogP) is 3.06. The number of benzene rings is 1. The van der Waals surface area contributed by atoms with Crippen molar-refractivity contribution in [2.75, 3.05) is 37.7 Å². The largest absolute Gasteiger partial charge is 0.378 e. The van der Waals surface area contributed by atoms with Crippen LogP contribution in [0.3, 0.4) is 0 Å². The quantitative estimate of drug-likeness (QED) is 0.343. The van der Waals surface area contributed by atoms with Crippen molar-refractivity contribution in [2.24, 2.45) is 0 Å². The molecule has 164 valence electrons. The zero-order chi connectivity index (χ0) is 22.2. The van der Waals surface area contributed by atoms with Crippen LogP contribution < -0.4 is 10.2 Å². The fraction of sp³-hybridized carbons (Fsp3) is 0.292. The van der Waals surface area contributed by atoms with Crippen molar-refractivity contribution in [3.8, 4) is 11.8 Å². The van der Waals surface area contributed by atoms with E-state index >= 15 is 0 Å². The number of aromatic nitrogens is 3. The van der Waals surface area contributed by atoms with Gasteiger partial charge in [0.15, 0.2) is 0 Å². The van der Waals surface area contributed by atoms with Gasteiger partial charge in [-0.2, -0.15) is 5.10 Å². The summed E-state index contributed by atoms with van der Waals surface area (Å²) >= 11 is 5.87. The summed E-state index contributed by atoms with van der Waals surface area (Å²) < 4.78 is 5.48. The number of hydrogen-bond acceptors (Lipinski definition) is 5. The molecule has 32 heavy (non-hydrogen) atoms. The van der Waals surface area contributed by atoms with Gasteiger partial charge in [-0.25, -0.2) is 4.98 Å². The molecule has 3 heterocycles. The van der Waals surface area contributed by atoms with E-state index in [0.29, 0.717) is 30.5 Å². The molecule has 1 saturated heterocycles. The molecule has 7 nitrogen and oxygen atoms in total. The first-order valence-corrected chi connectivity index (χ1v) is 10.9. The number of rotatable bonds is 6. The fourth-order valence-corrected chi connectivity index (χ4v) is 3.57. The highest BCUT2D eigenvalue weighted by Crippen LogP contribution is 2.23. The van der Waals surface area contributed by atoms with Gasteiger partial charge in [-0.15, -0.1) is 0 Å². The number of nitrogens with zero attached hydrogens (tertiary/aromatic N) is 3. The Morgan fingerprint density at radius 3 is 2.81 bits per heavy atom. The number of amides is 1. The second-order valence-electron chi connectivity index (χ2n) is 7.42. The van der Waals surface area contributed by atoms with Crippen molar-refractivity contribution in [1.82, 2.24) is 20.5 Å². The van der Waals surface area contributed by atoms with Crippen molar-refractivity contribution in [2.45, 2.75) is 12.8 Å². The van der Waals surface area contributed by atoms with Gasteiger partial charge >= 0.3 is 0 Å². The molecule has 1 aliphatic rings. The molecular weight excluding hydrogens is 426 g/mol. The third-order valence-electron chi connectivity index (χ3n) is 5.16. The van der Waals surface area contributed by atoms with E-state index in [4.69, 9.17) is 16.3 Å². The van der Waals surface area contributed by atoms with Gasteiger partial charge < -0.3 is 15.0 Å². The Morgan fingerprint density at radius 1 is 1.19 bits per heavy atom. The van der Waals surface area contributed by atoms with Gasteiger partial charge in [0.1, 0.15) is 5.15 Å². The Morgan fingerprint density at radius 2 is 2.06 bits per heavy atom. The van der Waals surface area contributed by atoms with Crippen molar-refractivity contribution in [3.05, 3.63) is 76.3 Å². The number of morpholine rings is 1. The van der Waals surface area contributed by atoms with Crippen LogP contribution in [-0.2, 0) is 11.2 Å². The molecule has 1 amide bonds. The Balaban J connectivity index is 1.49. The maximum absolute atomic E-state index is 12.7. The van der Waals surface area contributed by atoms with Crippen LogP contribution in [0.5, 0.6) is 0 Å². The van der Waals surface area contributed by atoms with Gasteiger partial charge in [-0.3, -0.25) is 9.89 Å². The number of aromatic amines is 1. The summed E-state index contributed by atoms with van der Waals surface area (Å²) in [4.78, 5) is 19.0. The molecule has 1 fully saturated rings. The fourth-order valence-electron chi connectivity index (χ4n) is 3.46. The van der Waals surface area contributed by atoms with Crippen molar-refractivity contribution in [1.29, 1.82) is 0 Å². The molecular formula is C24H24ClN5O2. The summed E-state index contributed by atoms with van der Waals surface area (Å²) in [6.07, 6.45) is 7.01. The van der Waals surface area contributed by atoms with Crippen LogP contribution in [0.25, 0.3) is 0 Å². The summed E-state index contributed by atoms with van der Waals surface area (Å²) in [5.74, 6) is 6.24. The Kier molecular flexibility index (Phi) is 7.38. The van der Waals surface area contributed by atoms with Gasteiger partial charge in [0.25, 0.3) is 5.91 Å². The molecule has 0 aliphatic carbocycles. The standard InChI is InChI=1S/C24H24ClN5O2/c25-23-8-4-18(15-27-23)3-5-20-14-21(6-7-22(20)30-10-12-32-13-11-30)24(31)26-9-1-2-19-16-28-29-17-19/h4,6-8,14-17H,1-2,9-13H2,(H,26,31)(H,28,29). The summed E-state index contributed by atoms with van der Waals surface area (Å²) in [6.45, 7) is 3.51. The SMILES string of the molecule is O=C(NCCCc1cn[nH]c1)c1ccc(N2CCOCC2)c(C#Cc2ccc(Cl)nc2)c1. The van der Waals surface area contributed by atoms with Gasteiger partial charge in [-0.1, -0.05) is 23.4 Å². The van der Waals surface area contributed by atoms with E-state index in [0.717, 1.165) is 48.3 Å². The molecule has 0 unspecified atom stereocenters.